The summed E-state index contributed by atoms with van der Waals surface area (Å²) in [6.45, 7) is 4.24. The number of morpholine rings is 1. The van der Waals surface area contributed by atoms with Gasteiger partial charge >= 0.3 is 0 Å². The quantitative estimate of drug-likeness (QED) is 0.656. The number of thioether (sulfide) groups is 1. The van der Waals surface area contributed by atoms with Crippen LogP contribution in [0.15, 0.2) is 24.3 Å². The maximum atomic E-state index is 12.2. The number of carbonyl (C=O) groups excluding carboxylic acids is 1. The molecular weight excluding hydrogens is 439 g/mol. The molecule has 0 bridgehead atoms. The Bertz CT molecular complexity index is 543. The molecule has 1 N–H and O–H groups in total. The monoisotopic (exact) mass is 462 g/mol. The number of hydrogen-bond donors (Lipinski definition) is 1. The van der Waals surface area contributed by atoms with Crippen molar-refractivity contribution in [1.29, 1.82) is 0 Å². The fourth-order valence-corrected chi connectivity index (χ4v) is 4.97. The van der Waals surface area contributed by atoms with Gasteiger partial charge in [0.1, 0.15) is 5.75 Å². The topological polar surface area (TPSA) is 50.8 Å². The van der Waals surface area contributed by atoms with Crippen molar-refractivity contribution in [3.05, 3.63) is 27.8 Å². The lowest BCUT2D eigenvalue weighted by molar-refractivity contribution is -0.123. The lowest BCUT2D eigenvalue weighted by Gasteiger charge is -2.43. The van der Waals surface area contributed by atoms with Gasteiger partial charge in [-0.3, -0.25) is 9.69 Å². The van der Waals surface area contributed by atoms with Crippen LogP contribution in [0.3, 0.4) is 0 Å². The fraction of sp³-hybridized carbons (Fsp3) is 0.588. The molecule has 1 atom stereocenters. The van der Waals surface area contributed by atoms with Gasteiger partial charge in [0.05, 0.1) is 13.2 Å². The first kappa shape index (κ1) is 18.3. The van der Waals surface area contributed by atoms with E-state index < -0.39 is 0 Å². The Hall–Kier alpha value is -0.510. The van der Waals surface area contributed by atoms with E-state index in [9.17, 15) is 4.79 Å². The van der Waals surface area contributed by atoms with Crippen molar-refractivity contribution < 1.29 is 14.3 Å². The second-order valence-corrected chi connectivity index (χ2v) is 8.50. The predicted molar refractivity (Wildman–Crippen MR) is 105 cm³/mol. The molecule has 7 heteroatoms. The predicted octanol–water partition coefficient (Wildman–Crippen LogP) is 1.99. The van der Waals surface area contributed by atoms with Crippen LogP contribution in [-0.2, 0) is 9.53 Å². The van der Waals surface area contributed by atoms with E-state index in [1.54, 1.807) is 0 Å². The summed E-state index contributed by atoms with van der Waals surface area (Å²) in [7, 11) is 0. The van der Waals surface area contributed by atoms with Crippen LogP contribution in [-0.4, -0.2) is 67.3 Å². The first-order chi connectivity index (χ1) is 11.7. The van der Waals surface area contributed by atoms with Gasteiger partial charge in [-0.15, -0.1) is 0 Å². The molecule has 0 aromatic heterocycles. The van der Waals surface area contributed by atoms with Crippen molar-refractivity contribution in [2.24, 2.45) is 0 Å². The summed E-state index contributed by atoms with van der Waals surface area (Å²) >= 11 is 4.22. The van der Waals surface area contributed by atoms with Crippen LogP contribution in [0, 0.1) is 3.57 Å². The van der Waals surface area contributed by atoms with Gasteiger partial charge in [-0.25, -0.2) is 0 Å². The smallest absolute Gasteiger partial charge is 0.258 e. The summed E-state index contributed by atoms with van der Waals surface area (Å²) in [4.78, 5) is 14.7. The van der Waals surface area contributed by atoms with Crippen LogP contribution in [0.25, 0.3) is 0 Å². The molecule has 1 amide bonds. The second-order valence-electron chi connectivity index (χ2n) is 6.15. The minimum atomic E-state index is -0.0573. The van der Waals surface area contributed by atoms with Gasteiger partial charge in [0.2, 0.25) is 0 Å². The van der Waals surface area contributed by atoms with E-state index in [1.165, 1.54) is 0 Å². The number of halogens is 1. The fourth-order valence-electron chi connectivity index (χ4n) is 3.13. The van der Waals surface area contributed by atoms with Crippen LogP contribution < -0.4 is 10.1 Å². The summed E-state index contributed by atoms with van der Waals surface area (Å²) < 4.78 is 12.2. The van der Waals surface area contributed by atoms with Crippen molar-refractivity contribution in [1.82, 2.24) is 10.2 Å². The largest absolute Gasteiger partial charge is 0.484 e. The highest BCUT2D eigenvalue weighted by Gasteiger charge is 2.40. The molecule has 1 aromatic carbocycles. The average Bonchev–Trinajstić information content (AvgIpc) is 3.10. The van der Waals surface area contributed by atoms with E-state index >= 15 is 0 Å². The third-order valence-electron chi connectivity index (χ3n) is 4.56. The normalized spacial score (nSPS) is 24.7. The second kappa shape index (κ2) is 8.73. The Kier molecular flexibility index (Phi) is 6.65. The zero-order chi connectivity index (χ0) is 16.8. The number of nitrogens with zero attached hydrogens (tertiary/aromatic N) is 1. The molecule has 24 heavy (non-hydrogen) atoms. The van der Waals surface area contributed by atoms with Gasteiger partial charge in [0.15, 0.2) is 6.61 Å². The molecule has 0 aliphatic carbocycles. The maximum absolute atomic E-state index is 12.2. The van der Waals surface area contributed by atoms with E-state index in [2.05, 4.69) is 32.8 Å². The molecule has 0 saturated carbocycles. The first-order valence-electron chi connectivity index (χ1n) is 8.24. The molecule has 2 fully saturated rings. The Morgan fingerprint density at radius 2 is 2.08 bits per heavy atom. The van der Waals surface area contributed by atoms with Crippen LogP contribution in [0.2, 0.25) is 0 Å². The van der Waals surface area contributed by atoms with E-state index in [1.807, 2.05) is 36.0 Å². The minimum Gasteiger partial charge on any atom is -0.484 e. The van der Waals surface area contributed by atoms with E-state index in [4.69, 9.17) is 9.47 Å². The standard InChI is InChI=1S/C17H23IN2O3S/c18-14-1-3-15(4-2-14)23-11-16(21)19-12-17(5-10-24-13-17)20-6-8-22-9-7-20/h1-4H,5-13H2,(H,19,21). The van der Waals surface area contributed by atoms with Crippen molar-refractivity contribution in [3.63, 3.8) is 0 Å². The molecule has 1 aromatic rings. The minimum absolute atomic E-state index is 0.0573. The molecule has 0 radical (unpaired) electrons. The summed E-state index contributed by atoms with van der Waals surface area (Å²) in [6, 6.07) is 7.71. The average molecular weight is 462 g/mol. The number of amides is 1. The number of hydrogen-bond acceptors (Lipinski definition) is 5. The summed E-state index contributed by atoms with van der Waals surface area (Å²) in [5.74, 6) is 2.90. The molecule has 132 valence electrons. The zero-order valence-corrected chi connectivity index (χ0v) is 16.6. The molecule has 3 rings (SSSR count). The lowest BCUT2D eigenvalue weighted by atomic mass is 9.95. The maximum Gasteiger partial charge on any atom is 0.258 e. The van der Waals surface area contributed by atoms with Crippen molar-refractivity contribution in [2.45, 2.75) is 12.0 Å². The molecule has 2 aliphatic rings. The highest BCUT2D eigenvalue weighted by atomic mass is 127. The molecule has 5 nitrogen and oxygen atoms in total. The van der Waals surface area contributed by atoms with Crippen molar-refractivity contribution in [2.75, 3.05) is 51.0 Å². The molecule has 2 heterocycles. The van der Waals surface area contributed by atoms with Crippen LogP contribution in [0.1, 0.15) is 6.42 Å². The molecule has 0 spiro atoms. The van der Waals surface area contributed by atoms with E-state index in [-0.39, 0.29) is 18.1 Å². The zero-order valence-electron chi connectivity index (χ0n) is 13.6. The van der Waals surface area contributed by atoms with E-state index in [0.29, 0.717) is 6.54 Å². The first-order valence-corrected chi connectivity index (χ1v) is 10.5. The highest BCUT2D eigenvalue weighted by molar-refractivity contribution is 14.1. The lowest BCUT2D eigenvalue weighted by Crippen LogP contribution is -2.59. The molecule has 2 aliphatic heterocycles. The number of rotatable bonds is 6. The van der Waals surface area contributed by atoms with Crippen LogP contribution in [0.5, 0.6) is 5.75 Å². The Morgan fingerprint density at radius 3 is 2.75 bits per heavy atom. The number of carbonyl (C=O) groups is 1. The van der Waals surface area contributed by atoms with Gasteiger partial charge in [0.25, 0.3) is 5.91 Å². The SMILES string of the molecule is O=C(COc1ccc(I)cc1)NCC1(N2CCOCC2)CCSC1. The Morgan fingerprint density at radius 1 is 1.33 bits per heavy atom. The summed E-state index contributed by atoms with van der Waals surface area (Å²) in [5, 5.41) is 3.08. The van der Waals surface area contributed by atoms with Gasteiger partial charge in [-0.1, -0.05) is 0 Å². The van der Waals surface area contributed by atoms with Gasteiger partial charge in [-0.05, 0) is 59.0 Å². The van der Waals surface area contributed by atoms with Crippen LogP contribution in [0.4, 0.5) is 0 Å². The molecule has 2 saturated heterocycles. The Balaban J connectivity index is 1.49. The Labute approximate surface area is 161 Å². The number of ether oxygens (including phenoxy) is 2. The van der Waals surface area contributed by atoms with Gasteiger partial charge in [0, 0.05) is 34.5 Å². The van der Waals surface area contributed by atoms with E-state index in [0.717, 1.165) is 53.5 Å². The number of benzene rings is 1. The molecular formula is C17H23IN2O3S. The van der Waals surface area contributed by atoms with Crippen LogP contribution >= 0.6 is 34.4 Å². The van der Waals surface area contributed by atoms with Crippen molar-refractivity contribution in [3.8, 4) is 5.75 Å². The van der Waals surface area contributed by atoms with Crippen molar-refractivity contribution >= 4 is 40.3 Å². The number of nitrogens with one attached hydrogen (secondary N) is 1. The highest BCUT2D eigenvalue weighted by Crippen LogP contribution is 2.33. The van der Waals surface area contributed by atoms with Gasteiger partial charge < -0.3 is 14.8 Å². The third kappa shape index (κ3) is 4.77. The third-order valence-corrected chi connectivity index (χ3v) is 6.52. The summed E-state index contributed by atoms with van der Waals surface area (Å²) in [6.07, 6.45) is 1.12. The summed E-state index contributed by atoms with van der Waals surface area (Å²) in [5.41, 5.74) is 0.0764. The molecule has 1 unspecified atom stereocenters. The van der Waals surface area contributed by atoms with Gasteiger partial charge in [-0.2, -0.15) is 11.8 Å².